The van der Waals surface area contributed by atoms with E-state index in [0.717, 1.165) is 0 Å². The molecule has 1 nitrogen and oxygen atoms in total. The Morgan fingerprint density at radius 3 is 2.56 bits per heavy atom. The average molecular weight is 231 g/mol. The van der Waals surface area contributed by atoms with Crippen molar-refractivity contribution in [3.05, 3.63) is 36.4 Å². The molecule has 16 heavy (non-hydrogen) atoms. The summed E-state index contributed by atoms with van der Waals surface area (Å²) in [5.74, 6) is 0. The van der Waals surface area contributed by atoms with E-state index in [2.05, 4.69) is 48.5 Å². The van der Waals surface area contributed by atoms with Gasteiger partial charge in [0.15, 0.2) is 8.24 Å². The fraction of sp³-hybridized carbons (Fsp3) is 0.429. The minimum atomic E-state index is -1.41. The van der Waals surface area contributed by atoms with Gasteiger partial charge in [-0.1, -0.05) is 50.0 Å². The maximum atomic E-state index is 3.85. The number of benzene rings is 1. The summed E-state index contributed by atoms with van der Waals surface area (Å²) in [5, 5.41) is 1.53. The van der Waals surface area contributed by atoms with Gasteiger partial charge in [0.2, 0.25) is 0 Å². The summed E-state index contributed by atoms with van der Waals surface area (Å²) in [6, 6.07) is 8.90. The van der Waals surface area contributed by atoms with E-state index in [9.17, 15) is 0 Å². The zero-order chi connectivity index (χ0) is 11.6. The van der Waals surface area contributed by atoms with Gasteiger partial charge in [-0.3, -0.25) is 0 Å². The molecule has 86 valence electrons. The van der Waals surface area contributed by atoms with Crippen molar-refractivity contribution in [1.29, 1.82) is 0 Å². The molecular weight excluding hydrogens is 210 g/mol. The van der Waals surface area contributed by atoms with Gasteiger partial charge in [-0.25, -0.2) is 0 Å². The average Bonchev–Trinajstić information content (AvgIpc) is 2.83. The minimum absolute atomic E-state index is 1.25. The number of hydrogen-bond acceptors (Lipinski definition) is 1. The molecule has 2 heteroatoms. The molecule has 0 radical (unpaired) electrons. The van der Waals surface area contributed by atoms with Gasteiger partial charge < -0.3 is 4.57 Å². The first kappa shape index (κ1) is 11.6. The Kier molecular flexibility index (Phi) is 3.31. The SMILES string of the molecule is C=Cc1cccc([Si](C)(C)N2CCCC2)c1. The Labute approximate surface area is 99.9 Å². The molecule has 0 atom stereocenters. The van der Waals surface area contributed by atoms with E-state index in [1.165, 1.54) is 36.7 Å². The summed E-state index contributed by atoms with van der Waals surface area (Å²) in [6.45, 7) is 11.3. The van der Waals surface area contributed by atoms with Crippen LogP contribution in [0.5, 0.6) is 0 Å². The molecule has 0 aliphatic carbocycles. The lowest BCUT2D eigenvalue weighted by atomic mass is 10.2. The molecule has 0 bridgehead atoms. The predicted octanol–water partition coefficient (Wildman–Crippen LogP) is 2.84. The number of nitrogens with zero attached hydrogens (tertiary/aromatic N) is 1. The summed E-state index contributed by atoms with van der Waals surface area (Å²) < 4.78 is 2.72. The summed E-state index contributed by atoms with van der Waals surface area (Å²) in [4.78, 5) is 0. The lowest BCUT2D eigenvalue weighted by Gasteiger charge is -2.33. The van der Waals surface area contributed by atoms with Crippen molar-refractivity contribution >= 4 is 19.5 Å². The monoisotopic (exact) mass is 231 g/mol. The quantitative estimate of drug-likeness (QED) is 0.723. The molecule has 0 N–H and O–H groups in total. The third-order valence-electron chi connectivity index (χ3n) is 3.73. The maximum Gasteiger partial charge on any atom is 0.154 e. The smallest absolute Gasteiger partial charge is 0.154 e. The van der Waals surface area contributed by atoms with Crippen LogP contribution in [-0.2, 0) is 0 Å². The highest BCUT2D eigenvalue weighted by molar-refractivity contribution is 6.87. The Hall–Kier alpha value is -0.863. The number of hydrogen-bond donors (Lipinski definition) is 0. The van der Waals surface area contributed by atoms with Crippen LogP contribution >= 0.6 is 0 Å². The van der Waals surface area contributed by atoms with Crippen LogP contribution in [0, 0.1) is 0 Å². The Bertz CT molecular complexity index is 378. The highest BCUT2D eigenvalue weighted by Crippen LogP contribution is 2.18. The van der Waals surface area contributed by atoms with Gasteiger partial charge in [-0.15, -0.1) is 0 Å². The fourth-order valence-electron chi connectivity index (χ4n) is 2.50. The second-order valence-electron chi connectivity index (χ2n) is 5.08. The molecule has 0 aromatic heterocycles. The van der Waals surface area contributed by atoms with Crippen molar-refractivity contribution < 1.29 is 0 Å². The predicted molar refractivity (Wildman–Crippen MR) is 74.5 cm³/mol. The molecular formula is C14H21NSi. The van der Waals surface area contributed by atoms with Crippen LogP contribution in [0.25, 0.3) is 6.08 Å². The van der Waals surface area contributed by atoms with Gasteiger partial charge in [0, 0.05) is 0 Å². The van der Waals surface area contributed by atoms with E-state index in [0.29, 0.717) is 0 Å². The van der Waals surface area contributed by atoms with Gasteiger partial charge in [-0.05, 0) is 36.7 Å². The van der Waals surface area contributed by atoms with Crippen molar-refractivity contribution in [2.75, 3.05) is 13.1 Å². The van der Waals surface area contributed by atoms with E-state index in [1.807, 2.05) is 6.08 Å². The Balaban J connectivity index is 2.29. The molecule has 1 aliphatic rings. The van der Waals surface area contributed by atoms with E-state index >= 15 is 0 Å². The van der Waals surface area contributed by atoms with Gasteiger partial charge >= 0.3 is 0 Å². The zero-order valence-electron chi connectivity index (χ0n) is 10.4. The van der Waals surface area contributed by atoms with Gasteiger partial charge in [-0.2, -0.15) is 0 Å². The molecule has 1 heterocycles. The van der Waals surface area contributed by atoms with Crippen molar-refractivity contribution in [3.8, 4) is 0 Å². The van der Waals surface area contributed by atoms with Crippen molar-refractivity contribution in [3.63, 3.8) is 0 Å². The van der Waals surface area contributed by atoms with Crippen LogP contribution in [0.15, 0.2) is 30.8 Å². The molecule has 1 aliphatic heterocycles. The van der Waals surface area contributed by atoms with Crippen LogP contribution in [-0.4, -0.2) is 25.9 Å². The summed E-state index contributed by atoms with van der Waals surface area (Å²) in [6.07, 6.45) is 4.69. The van der Waals surface area contributed by atoms with Gasteiger partial charge in [0.25, 0.3) is 0 Å². The van der Waals surface area contributed by atoms with Crippen LogP contribution < -0.4 is 5.19 Å². The highest BCUT2D eigenvalue weighted by Gasteiger charge is 2.33. The molecule has 0 spiro atoms. The summed E-state index contributed by atoms with van der Waals surface area (Å²) in [7, 11) is -1.41. The molecule has 1 aromatic rings. The molecule has 1 fully saturated rings. The third kappa shape index (κ3) is 2.13. The molecule has 0 amide bonds. The summed E-state index contributed by atoms with van der Waals surface area (Å²) in [5.41, 5.74) is 1.25. The largest absolute Gasteiger partial charge is 0.320 e. The standard InChI is InChI=1S/C14H21NSi/c1-4-13-8-7-9-14(12-13)16(2,3)15-10-5-6-11-15/h4,7-9,12H,1,5-6,10-11H2,2-3H3. The Morgan fingerprint density at radius 1 is 1.25 bits per heavy atom. The lowest BCUT2D eigenvalue weighted by Crippen LogP contribution is -2.56. The van der Waals surface area contributed by atoms with Crippen molar-refractivity contribution in [1.82, 2.24) is 4.57 Å². The lowest BCUT2D eigenvalue weighted by molar-refractivity contribution is 0.529. The second-order valence-corrected chi connectivity index (χ2v) is 9.41. The van der Waals surface area contributed by atoms with E-state index in [1.54, 1.807) is 0 Å². The first-order chi connectivity index (χ1) is 7.64. The van der Waals surface area contributed by atoms with Crippen LogP contribution in [0.2, 0.25) is 13.1 Å². The minimum Gasteiger partial charge on any atom is -0.320 e. The first-order valence-electron chi connectivity index (χ1n) is 6.12. The number of rotatable bonds is 3. The molecule has 0 unspecified atom stereocenters. The van der Waals surface area contributed by atoms with E-state index < -0.39 is 8.24 Å². The normalized spacial score (nSPS) is 17.6. The van der Waals surface area contributed by atoms with Gasteiger partial charge in [0.1, 0.15) is 0 Å². The van der Waals surface area contributed by atoms with E-state index in [4.69, 9.17) is 0 Å². The van der Waals surface area contributed by atoms with Crippen LogP contribution in [0.3, 0.4) is 0 Å². The summed E-state index contributed by atoms with van der Waals surface area (Å²) >= 11 is 0. The van der Waals surface area contributed by atoms with Crippen LogP contribution in [0.4, 0.5) is 0 Å². The van der Waals surface area contributed by atoms with Crippen LogP contribution in [0.1, 0.15) is 18.4 Å². The zero-order valence-corrected chi connectivity index (χ0v) is 11.4. The van der Waals surface area contributed by atoms with E-state index in [-0.39, 0.29) is 0 Å². The highest BCUT2D eigenvalue weighted by atomic mass is 28.3. The third-order valence-corrected chi connectivity index (χ3v) is 7.48. The topological polar surface area (TPSA) is 3.24 Å². The fourth-order valence-corrected chi connectivity index (χ4v) is 5.33. The van der Waals surface area contributed by atoms with Gasteiger partial charge in [0.05, 0.1) is 0 Å². The maximum absolute atomic E-state index is 3.85. The van der Waals surface area contributed by atoms with Crippen molar-refractivity contribution in [2.45, 2.75) is 25.9 Å². The molecule has 2 rings (SSSR count). The van der Waals surface area contributed by atoms with Crippen molar-refractivity contribution in [2.24, 2.45) is 0 Å². The molecule has 1 aromatic carbocycles. The molecule has 0 saturated carbocycles. The molecule has 1 saturated heterocycles. The Morgan fingerprint density at radius 2 is 1.94 bits per heavy atom. The second kappa shape index (κ2) is 4.56. The first-order valence-corrected chi connectivity index (χ1v) is 9.07.